The van der Waals surface area contributed by atoms with Crippen molar-refractivity contribution < 1.29 is 14.3 Å². The molecule has 0 unspecified atom stereocenters. The number of ether oxygens (including phenoxy) is 1. The zero-order valence-electron chi connectivity index (χ0n) is 14.9. The predicted molar refractivity (Wildman–Crippen MR) is 97.9 cm³/mol. The third-order valence-corrected chi connectivity index (χ3v) is 3.95. The number of nitrogens with zero attached hydrogens (tertiary/aromatic N) is 1. The molecule has 0 aliphatic carbocycles. The summed E-state index contributed by atoms with van der Waals surface area (Å²) < 4.78 is 5.34. The van der Waals surface area contributed by atoms with Gasteiger partial charge in [0.1, 0.15) is 12.6 Å². The Morgan fingerprint density at radius 1 is 1.08 bits per heavy atom. The average Bonchev–Trinajstić information content (AvgIpc) is 2.65. The molecule has 1 N–H and O–H groups in total. The zero-order chi connectivity index (χ0) is 18.9. The van der Waals surface area contributed by atoms with Crippen molar-refractivity contribution in [2.75, 3.05) is 0 Å². The number of benzene rings is 2. The van der Waals surface area contributed by atoms with Crippen molar-refractivity contribution in [1.29, 1.82) is 5.26 Å². The van der Waals surface area contributed by atoms with Gasteiger partial charge in [-0.1, -0.05) is 62.4 Å². The first-order valence-corrected chi connectivity index (χ1v) is 8.49. The first-order valence-electron chi connectivity index (χ1n) is 8.49. The molecule has 2 aromatic rings. The Kier molecular flexibility index (Phi) is 6.92. The maximum Gasteiger partial charge on any atom is 0.329 e. The second-order valence-corrected chi connectivity index (χ2v) is 6.33. The molecule has 0 aliphatic heterocycles. The van der Waals surface area contributed by atoms with E-state index in [1.54, 1.807) is 24.3 Å². The normalized spacial score (nSPS) is 11.5. The van der Waals surface area contributed by atoms with Crippen LogP contribution in [0.15, 0.2) is 54.6 Å². The SMILES string of the molecule is CC(C)[C@H](NC(=O)Cc1ccccc1)C(=O)OCc1ccccc1C#N. The van der Waals surface area contributed by atoms with Crippen LogP contribution in [0.25, 0.3) is 0 Å². The van der Waals surface area contributed by atoms with Gasteiger partial charge >= 0.3 is 5.97 Å². The molecule has 1 atom stereocenters. The van der Waals surface area contributed by atoms with Crippen LogP contribution in [-0.4, -0.2) is 17.9 Å². The highest BCUT2D eigenvalue weighted by Gasteiger charge is 2.26. The van der Waals surface area contributed by atoms with Crippen molar-refractivity contribution in [1.82, 2.24) is 5.32 Å². The van der Waals surface area contributed by atoms with Gasteiger partial charge in [-0.15, -0.1) is 0 Å². The first kappa shape index (κ1) is 19.2. The van der Waals surface area contributed by atoms with E-state index in [1.165, 1.54) is 0 Å². The Hall–Kier alpha value is -3.13. The third-order valence-electron chi connectivity index (χ3n) is 3.95. The van der Waals surface area contributed by atoms with E-state index in [9.17, 15) is 9.59 Å². The van der Waals surface area contributed by atoms with Crippen molar-refractivity contribution >= 4 is 11.9 Å². The molecule has 26 heavy (non-hydrogen) atoms. The van der Waals surface area contributed by atoms with Gasteiger partial charge in [0.2, 0.25) is 5.91 Å². The summed E-state index contributed by atoms with van der Waals surface area (Å²) in [5.74, 6) is -0.855. The molecule has 0 aromatic heterocycles. The lowest BCUT2D eigenvalue weighted by molar-refractivity contribution is -0.150. The number of hydrogen-bond acceptors (Lipinski definition) is 4. The molecule has 5 nitrogen and oxygen atoms in total. The quantitative estimate of drug-likeness (QED) is 0.779. The number of rotatable bonds is 7. The van der Waals surface area contributed by atoms with E-state index in [0.717, 1.165) is 5.56 Å². The van der Waals surface area contributed by atoms with Gasteiger partial charge in [-0.05, 0) is 17.5 Å². The Labute approximate surface area is 153 Å². The summed E-state index contributed by atoms with van der Waals surface area (Å²) in [6, 6.07) is 17.6. The molecule has 0 spiro atoms. The van der Waals surface area contributed by atoms with Gasteiger partial charge in [-0.3, -0.25) is 4.79 Å². The summed E-state index contributed by atoms with van der Waals surface area (Å²) in [5, 5.41) is 11.8. The van der Waals surface area contributed by atoms with Crippen LogP contribution in [0.3, 0.4) is 0 Å². The standard InChI is InChI=1S/C21H22N2O3/c1-15(2)20(23-19(24)12-16-8-4-3-5-9-16)21(25)26-14-18-11-7-6-10-17(18)13-22/h3-11,15,20H,12,14H2,1-2H3,(H,23,24)/t20-/m0/s1. The van der Waals surface area contributed by atoms with Crippen LogP contribution in [0.2, 0.25) is 0 Å². The topological polar surface area (TPSA) is 79.2 Å². The molecule has 0 saturated carbocycles. The number of carbonyl (C=O) groups is 2. The highest BCUT2D eigenvalue weighted by molar-refractivity contribution is 5.85. The van der Waals surface area contributed by atoms with Gasteiger partial charge in [0.15, 0.2) is 0 Å². The number of amides is 1. The van der Waals surface area contributed by atoms with E-state index in [-0.39, 0.29) is 24.9 Å². The lowest BCUT2D eigenvalue weighted by Gasteiger charge is -2.21. The van der Waals surface area contributed by atoms with E-state index >= 15 is 0 Å². The second-order valence-electron chi connectivity index (χ2n) is 6.33. The fourth-order valence-electron chi connectivity index (χ4n) is 2.50. The second kappa shape index (κ2) is 9.38. The number of esters is 1. The minimum atomic E-state index is -0.736. The van der Waals surface area contributed by atoms with Gasteiger partial charge in [0, 0.05) is 5.56 Å². The molecule has 0 radical (unpaired) electrons. The molecule has 2 aromatic carbocycles. The van der Waals surface area contributed by atoms with E-state index in [0.29, 0.717) is 11.1 Å². The van der Waals surface area contributed by atoms with E-state index in [2.05, 4.69) is 11.4 Å². The summed E-state index contributed by atoms with van der Waals surface area (Å²) >= 11 is 0. The molecule has 1 amide bonds. The van der Waals surface area contributed by atoms with E-state index in [1.807, 2.05) is 44.2 Å². The molecular weight excluding hydrogens is 328 g/mol. The molecule has 0 saturated heterocycles. The molecule has 2 rings (SSSR count). The fourth-order valence-corrected chi connectivity index (χ4v) is 2.50. The molecule has 0 fully saturated rings. The van der Waals surface area contributed by atoms with Crippen molar-refractivity contribution in [2.45, 2.75) is 32.9 Å². The van der Waals surface area contributed by atoms with Crippen molar-refractivity contribution in [2.24, 2.45) is 5.92 Å². The zero-order valence-corrected chi connectivity index (χ0v) is 14.9. The highest BCUT2D eigenvalue weighted by Crippen LogP contribution is 2.11. The fraction of sp³-hybridized carbons (Fsp3) is 0.286. The van der Waals surface area contributed by atoms with Crippen molar-refractivity contribution in [3.63, 3.8) is 0 Å². The van der Waals surface area contributed by atoms with Gasteiger partial charge < -0.3 is 10.1 Å². The van der Waals surface area contributed by atoms with Crippen LogP contribution in [0.4, 0.5) is 0 Å². The Morgan fingerprint density at radius 3 is 2.38 bits per heavy atom. The molecule has 5 heteroatoms. The molecule has 0 heterocycles. The van der Waals surface area contributed by atoms with Crippen LogP contribution in [0.1, 0.15) is 30.5 Å². The molecular formula is C21H22N2O3. The van der Waals surface area contributed by atoms with Gasteiger partial charge in [0.25, 0.3) is 0 Å². The van der Waals surface area contributed by atoms with Crippen molar-refractivity contribution in [3.8, 4) is 6.07 Å². The number of hydrogen-bond donors (Lipinski definition) is 1. The van der Waals surface area contributed by atoms with Crippen LogP contribution in [-0.2, 0) is 27.4 Å². The van der Waals surface area contributed by atoms with Crippen LogP contribution >= 0.6 is 0 Å². The summed E-state index contributed by atoms with van der Waals surface area (Å²) in [7, 11) is 0. The van der Waals surface area contributed by atoms with E-state index < -0.39 is 12.0 Å². The van der Waals surface area contributed by atoms with Gasteiger partial charge in [0.05, 0.1) is 18.1 Å². The first-order chi connectivity index (χ1) is 12.5. The summed E-state index contributed by atoms with van der Waals surface area (Å²) in [6.45, 7) is 3.69. The number of nitriles is 1. The number of carbonyl (C=O) groups excluding carboxylic acids is 2. The minimum Gasteiger partial charge on any atom is -0.459 e. The van der Waals surface area contributed by atoms with Crippen LogP contribution in [0.5, 0.6) is 0 Å². The van der Waals surface area contributed by atoms with Crippen molar-refractivity contribution in [3.05, 3.63) is 71.3 Å². The number of nitrogens with one attached hydrogen (secondary N) is 1. The average molecular weight is 350 g/mol. The molecule has 0 aliphatic rings. The summed E-state index contributed by atoms with van der Waals surface area (Å²) in [4.78, 5) is 24.7. The van der Waals surface area contributed by atoms with E-state index in [4.69, 9.17) is 10.00 Å². The Balaban J connectivity index is 1.96. The maximum absolute atomic E-state index is 12.4. The van der Waals surface area contributed by atoms with Gasteiger partial charge in [-0.25, -0.2) is 4.79 Å². The maximum atomic E-state index is 12.4. The third kappa shape index (κ3) is 5.45. The lowest BCUT2D eigenvalue weighted by Crippen LogP contribution is -2.45. The molecule has 0 bridgehead atoms. The smallest absolute Gasteiger partial charge is 0.329 e. The largest absolute Gasteiger partial charge is 0.459 e. The van der Waals surface area contributed by atoms with Gasteiger partial charge in [-0.2, -0.15) is 5.26 Å². The van der Waals surface area contributed by atoms with Crippen LogP contribution in [0, 0.1) is 17.2 Å². The summed E-state index contributed by atoms with van der Waals surface area (Å²) in [6.07, 6.45) is 0.203. The lowest BCUT2D eigenvalue weighted by atomic mass is 10.0. The van der Waals surface area contributed by atoms with Crippen LogP contribution < -0.4 is 5.32 Å². The minimum absolute atomic E-state index is 0.000340. The highest BCUT2D eigenvalue weighted by atomic mass is 16.5. The predicted octanol–water partition coefficient (Wildman–Crippen LogP) is 2.98. The monoisotopic (exact) mass is 350 g/mol. The summed E-state index contributed by atoms with van der Waals surface area (Å²) in [5.41, 5.74) is 1.99. The Morgan fingerprint density at radius 2 is 1.73 bits per heavy atom. The molecule has 134 valence electrons. The Bertz CT molecular complexity index is 794.